The summed E-state index contributed by atoms with van der Waals surface area (Å²) in [5, 5.41) is 7.32. The van der Waals surface area contributed by atoms with E-state index in [0.717, 1.165) is 35.1 Å². The van der Waals surface area contributed by atoms with Gasteiger partial charge in [-0.05, 0) is 86.5 Å². The van der Waals surface area contributed by atoms with Crippen LogP contribution >= 0.6 is 0 Å². The molecule has 1 aromatic carbocycles. The maximum atomic E-state index is 13.5. The number of hydrogen-bond donors (Lipinski definition) is 0. The molecule has 0 unspecified atom stereocenters. The molecule has 1 aromatic rings. The normalized spacial score (nSPS) is 35.9. The van der Waals surface area contributed by atoms with Gasteiger partial charge in [0.1, 0.15) is 0 Å². The fraction of sp³-hybridized carbons (Fsp3) is 0.500. The number of hydrogen-bond acceptors (Lipinski definition) is 5. The Kier molecular flexibility index (Phi) is 5.14. The molecule has 2 heterocycles. The number of fused-ring (bicyclic) bond motifs is 10. The highest BCUT2D eigenvalue weighted by Gasteiger charge is 2.61. The summed E-state index contributed by atoms with van der Waals surface area (Å²) in [6.07, 6.45) is 10.2. The lowest BCUT2D eigenvalue weighted by Gasteiger charge is -2.29. The molecule has 2 saturated carbocycles. The second-order valence-corrected chi connectivity index (χ2v) is 11.4. The van der Waals surface area contributed by atoms with Crippen molar-refractivity contribution >= 4 is 35.0 Å². The van der Waals surface area contributed by atoms with Crippen LogP contribution in [0.4, 0.5) is 11.4 Å². The highest BCUT2D eigenvalue weighted by Crippen LogP contribution is 2.56. The summed E-state index contributed by atoms with van der Waals surface area (Å²) in [6.45, 7) is 9.04. The van der Waals surface area contributed by atoms with E-state index in [2.05, 4.69) is 24.3 Å². The molecule has 190 valence electrons. The smallest absolute Gasteiger partial charge is 0.238 e. The Morgan fingerprint density at radius 1 is 0.595 bits per heavy atom. The minimum atomic E-state index is -0.259. The van der Waals surface area contributed by atoms with Crippen LogP contribution in [-0.2, 0) is 19.2 Å². The van der Waals surface area contributed by atoms with Crippen molar-refractivity contribution in [2.75, 3.05) is 9.80 Å². The van der Waals surface area contributed by atoms with Gasteiger partial charge in [0.05, 0.1) is 41.1 Å². The average Bonchev–Trinajstić information content (AvgIpc) is 3.70. The first-order valence-electron chi connectivity index (χ1n) is 13.2. The summed E-state index contributed by atoms with van der Waals surface area (Å²) in [4.78, 5) is 56.9. The van der Waals surface area contributed by atoms with E-state index >= 15 is 0 Å². The largest absolute Gasteiger partial charge is 0.274 e. The third-order valence-corrected chi connectivity index (χ3v) is 9.93. The van der Waals surface area contributed by atoms with Gasteiger partial charge >= 0.3 is 0 Å². The van der Waals surface area contributed by atoms with Crippen LogP contribution in [0.25, 0.3) is 0 Å². The van der Waals surface area contributed by atoms with Crippen molar-refractivity contribution in [3.63, 3.8) is 0 Å². The van der Waals surface area contributed by atoms with Crippen LogP contribution in [0.5, 0.6) is 0 Å². The van der Waals surface area contributed by atoms with Gasteiger partial charge in [0.15, 0.2) is 0 Å². The molecule has 0 N–H and O–H groups in total. The second kappa shape index (κ2) is 7.98. The van der Waals surface area contributed by atoms with Crippen LogP contribution in [-0.4, -0.2) is 23.6 Å². The van der Waals surface area contributed by atoms with E-state index in [1.54, 1.807) is 6.07 Å². The van der Waals surface area contributed by atoms with Crippen molar-refractivity contribution in [1.82, 2.24) is 0 Å². The number of imide groups is 2. The SMILES string of the molecule is CC#N.Cc1c(C)c(N2C(=O)[C@@H]3[C@H](C2=O)[C@H]2C=C[C@@H]3C2)c(C)c(C)c1N1C(=O)[C@@H]2[C@H](C1=O)[C@H]1C=C[C@@H]2C1. The summed E-state index contributed by atoms with van der Waals surface area (Å²) >= 11 is 0. The van der Waals surface area contributed by atoms with Crippen LogP contribution < -0.4 is 9.80 Å². The molecular formula is C30H31N3O4. The number of rotatable bonds is 2. The standard InChI is InChI=1S/C28H28N2O4.C2H3N/c1-11-12(2)24(30-27(33)21-17-7-8-18(10-17)22(21)28(30)34)14(4)13(3)23(11)29-25(31)19-15-5-6-16(9-15)20(19)26(29)32;1-2-3/h5-8,15-22H,9-10H2,1-4H3;1H3/t15-,16+,17-,18+,19+,20-,21+,22-;. The van der Waals surface area contributed by atoms with E-state index in [0.29, 0.717) is 11.4 Å². The summed E-state index contributed by atoms with van der Waals surface area (Å²) in [5.41, 5.74) is 4.45. The van der Waals surface area contributed by atoms with Crippen LogP contribution in [0.1, 0.15) is 42.0 Å². The zero-order valence-electron chi connectivity index (χ0n) is 21.8. The quantitative estimate of drug-likeness (QED) is 0.453. The number of benzene rings is 1. The van der Waals surface area contributed by atoms with Crippen molar-refractivity contribution in [1.29, 1.82) is 5.26 Å². The van der Waals surface area contributed by atoms with Gasteiger partial charge in [-0.2, -0.15) is 5.26 Å². The molecular weight excluding hydrogens is 466 g/mol. The van der Waals surface area contributed by atoms with Gasteiger partial charge in [-0.1, -0.05) is 24.3 Å². The number of allylic oxidation sites excluding steroid dienone is 4. The summed E-state index contributed by atoms with van der Waals surface area (Å²) in [5.74, 6) is -0.824. The minimum Gasteiger partial charge on any atom is -0.274 e. The molecule has 0 aromatic heterocycles. The lowest BCUT2D eigenvalue weighted by Crippen LogP contribution is -2.36. The lowest BCUT2D eigenvalue weighted by molar-refractivity contribution is -0.124. The molecule has 6 aliphatic rings. The van der Waals surface area contributed by atoms with Gasteiger partial charge in [-0.15, -0.1) is 0 Å². The van der Waals surface area contributed by atoms with Gasteiger partial charge in [-0.25, -0.2) is 9.80 Å². The Bertz CT molecular complexity index is 1210. The number of nitrogens with zero attached hydrogens (tertiary/aromatic N) is 3. The Morgan fingerprint density at radius 3 is 1.03 bits per heavy atom. The maximum absolute atomic E-state index is 13.5. The molecule has 7 heteroatoms. The Morgan fingerprint density at radius 2 is 0.811 bits per heavy atom. The molecule has 8 atom stereocenters. The summed E-state index contributed by atoms with van der Waals surface area (Å²) < 4.78 is 0. The second-order valence-electron chi connectivity index (χ2n) is 11.4. The molecule has 7 rings (SSSR count). The topological polar surface area (TPSA) is 98.5 Å². The maximum Gasteiger partial charge on any atom is 0.238 e. The van der Waals surface area contributed by atoms with E-state index in [-0.39, 0.29) is 71.0 Å². The predicted octanol–water partition coefficient (Wildman–Crippen LogP) is 4.07. The zero-order chi connectivity index (χ0) is 26.5. The average molecular weight is 498 g/mol. The van der Waals surface area contributed by atoms with Crippen molar-refractivity contribution in [3.8, 4) is 6.07 Å². The van der Waals surface area contributed by atoms with Crippen LogP contribution in [0, 0.1) is 86.4 Å². The molecule has 4 fully saturated rings. The first-order chi connectivity index (χ1) is 17.6. The molecule has 37 heavy (non-hydrogen) atoms. The first kappa shape index (κ1) is 23.8. The van der Waals surface area contributed by atoms with Gasteiger partial charge in [-0.3, -0.25) is 19.2 Å². The predicted molar refractivity (Wildman–Crippen MR) is 137 cm³/mol. The van der Waals surface area contributed by atoms with Crippen LogP contribution in [0.15, 0.2) is 24.3 Å². The number of carbonyl (C=O) groups excluding carboxylic acids is 4. The fourth-order valence-corrected chi connectivity index (χ4v) is 8.19. The molecule has 4 bridgehead atoms. The monoisotopic (exact) mass is 497 g/mol. The summed E-state index contributed by atoms with van der Waals surface area (Å²) in [7, 11) is 0. The Labute approximate surface area is 216 Å². The van der Waals surface area contributed by atoms with Gasteiger partial charge in [0.2, 0.25) is 23.6 Å². The molecule has 7 nitrogen and oxygen atoms in total. The van der Waals surface area contributed by atoms with Gasteiger partial charge in [0, 0.05) is 6.92 Å². The molecule has 2 saturated heterocycles. The molecule has 0 spiro atoms. The van der Waals surface area contributed by atoms with E-state index in [9.17, 15) is 19.2 Å². The molecule has 0 radical (unpaired) electrons. The molecule has 4 aliphatic carbocycles. The Balaban J connectivity index is 0.000000804. The third kappa shape index (κ3) is 2.87. The summed E-state index contributed by atoms with van der Waals surface area (Å²) in [6, 6.07) is 1.75. The van der Waals surface area contributed by atoms with Gasteiger partial charge < -0.3 is 0 Å². The van der Waals surface area contributed by atoms with Gasteiger partial charge in [0.25, 0.3) is 0 Å². The lowest BCUT2D eigenvalue weighted by atomic mass is 9.85. The van der Waals surface area contributed by atoms with Crippen LogP contribution in [0.2, 0.25) is 0 Å². The number of carbonyl (C=O) groups is 4. The van der Waals surface area contributed by atoms with Crippen molar-refractivity contribution in [2.45, 2.75) is 47.5 Å². The van der Waals surface area contributed by atoms with Crippen molar-refractivity contribution in [3.05, 3.63) is 46.6 Å². The third-order valence-electron chi connectivity index (χ3n) is 9.93. The first-order valence-corrected chi connectivity index (χ1v) is 13.2. The van der Waals surface area contributed by atoms with Crippen LogP contribution in [0.3, 0.4) is 0 Å². The molecule has 4 amide bonds. The highest BCUT2D eigenvalue weighted by atomic mass is 16.2. The van der Waals surface area contributed by atoms with E-state index in [4.69, 9.17) is 5.26 Å². The zero-order valence-corrected chi connectivity index (χ0v) is 21.8. The van der Waals surface area contributed by atoms with Crippen molar-refractivity contribution < 1.29 is 19.2 Å². The molecule has 2 aliphatic heterocycles. The Hall–Kier alpha value is -3.53. The number of anilines is 2. The minimum absolute atomic E-state index is 0.102. The number of nitriles is 1. The van der Waals surface area contributed by atoms with E-state index < -0.39 is 0 Å². The fourth-order valence-electron chi connectivity index (χ4n) is 8.19. The van der Waals surface area contributed by atoms with E-state index in [1.165, 1.54) is 16.7 Å². The van der Waals surface area contributed by atoms with Crippen molar-refractivity contribution in [2.24, 2.45) is 47.3 Å². The highest BCUT2D eigenvalue weighted by molar-refractivity contribution is 6.25. The number of amides is 4. The van der Waals surface area contributed by atoms with E-state index in [1.807, 2.05) is 27.7 Å².